The summed E-state index contributed by atoms with van der Waals surface area (Å²) in [4.78, 5) is 0. The van der Waals surface area contributed by atoms with Gasteiger partial charge in [-0.25, -0.2) is 0 Å². The van der Waals surface area contributed by atoms with Gasteiger partial charge in [-0.15, -0.1) is 0 Å². The number of aryl methyl sites for hydroxylation is 1. The standard InChI is InChI=1S/C29H33Cl/c1-22(26-5-3-2-4-6-26)21-25-11-9-23(10-12-25)7-8-24-13-15-27(16-14-24)28-17-19-29(30)20-18-28/h2-6,9-12,17-20,22,24,27H,7-8,13-16,21H2,1H3. The highest BCUT2D eigenvalue weighted by Crippen LogP contribution is 2.37. The zero-order valence-electron chi connectivity index (χ0n) is 18.1. The summed E-state index contributed by atoms with van der Waals surface area (Å²) >= 11 is 6.04. The largest absolute Gasteiger partial charge is 0.0843 e. The summed E-state index contributed by atoms with van der Waals surface area (Å²) in [6.07, 6.45) is 9.02. The lowest BCUT2D eigenvalue weighted by Crippen LogP contribution is -2.14. The molecule has 0 saturated heterocycles. The third-order valence-corrected chi connectivity index (χ3v) is 7.21. The molecule has 1 unspecified atom stereocenters. The van der Waals surface area contributed by atoms with Crippen molar-refractivity contribution in [3.05, 3.63) is 106 Å². The average Bonchev–Trinajstić information content (AvgIpc) is 2.80. The van der Waals surface area contributed by atoms with Crippen molar-refractivity contribution >= 4 is 11.6 Å². The molecule has 1 atom stereocenters. The molecule has 156 valence electrons. The third-order valence-electron chi connectivity index (χ3n) is 6.96. The first-order valence-electron chi connectivity index (χ1n) is 11.6. The zero-order chi connectivity index (χ0) is 20.8. The molecule has 0 N–H and O–H groups in total. The topological polar surface area (TPSA) is 0 Å². The summed E-state index contributed by atoms with van der Waals surface area (Å²) in [5, 5.41) is 0.841. The van der Waals surface area contributed by atoms with Crippen LogP contribution >= 0.6 is 11.6 Å². The molecular formula is C29H33Cl. The van der Waals surface area contributed by atoms with E-state index < -0.39 is 0 Å². The van der Waals surface area contributed by atoms with Gasteiger partial charge in [-0.2, -0.15) is 0 Å². The van der Waals surface area contributed by atoms with E-state index in [-0.39, 0.29) is 0 Å². The summed E-state index contributed by atoms with van der Waals surface area (Å²) < 4.78 is 0. The lowest BCUT2D eigenvalue weighted by molar-refractivity contribution is 0.310. The first-order valence-corrected chi connectivity index (χ1v) is 11.9. The summed E-state index contributed by atoms with van der Waals surface area (Å²) in [5.74, 6) is 2.17. The average molecular weight is 417 g/mol. The van der Waals surface area contributed by atoms with Crippen LogP contribution in [0.3, 0.4) is 0 Å². The van der Waals surface area contributed by atoms with Gasteiger partial charge < -0.3 is 0 Å². The van der Waals surface area contributed by atoms with E-state index in [1.807, 2.05) is 12.1 Å². The van der Waals surface area contributed by atoms with E-state index in [1.54, 1.807) is 0 Å². The molecule has 3 aromatic rings. The molecule has 1 heteroatoms. The number of rotatable bonds is 7. The fraction of sp³-hybridized carbons (Fsp3) is 0.379. The minimum atomic E-state index is 0.563. The third kappa shape index (κ3) is 5.76. The Balaban J connectivity index is 1.22. The zero-order valence-corrected chi connectivity index (χ0v) is 18.8. The predicted octanol–water partition coefficient (Wildman–Crippen LogP) is 8.59. The summed E-state index contributed by atoms with van der Waals surface area (Å²) in [7, 11) is 0. The Kier molecular flexibility index (Phi) is 7.28. The van der Waals surface area contributed by atoms with Crippen LogP contribution in [-0.4, -0.2) is 0 Å². The van der Waals surface area contributed by atoms with Gasteiger partial charge in [0.15, 0.2) is 0 Å². The number of halogens is 1. The molecule has 1 aliphatic carbocycles. The van der Waals surface area contributed by atoms with E-state index in [2.05, 4.69) is 73.7 Å². The molecule has 0 spiro atoms. The molecule has 0 aliphatic heterocycles. The number of hydrogen-bond donors (Lipinski definition) is 0. The molecule has 1 aliphatic rings. The van der Waals surface area contributed by atoms with Crippen molar-refractivity contribution in [2.45, 2.75) is 63.7 Å². The smallest absolute Gasteiger partial charge is 0.0406 e. The van der Waals surface area contributed by atoms with Crippen molar-refractivity contribution in [3.63, 3.8) is 0 Å². The van der Waals surface area contributed by atoms with Crippen molar-refractivity contribution in [2.75, 3.05) is 0 Å². The molecule has 3 aromatic carbocycles. The Hall–Kier alpha value is -2.05. The van der Waals surface area contributed by atoms with E-state index in [0.717, 1.165) is 23.3 Å². The van der Waals surface area contributed by atoms with Gasteiger partial charge >= 0.3 is 0 Å². The van der Waals surface area contributed by atoms with Crippen molar-refractivity contribution < 1.29 is 0 Å². The second-order valence-electron chi connectivity index (χ2n) is 9.14. The van der Waals surface area contributed by atoms with Gasteiger partial charge in [0, 0.05) is 5.02 Å². The van der Waals surface area contributed by atoms with Crippen LogP contribution in [0.25, 0.3) is 0 Å². The minimum absolute atomic E-state index is 0.563. The van der Waals surface area contributed by atoms with Crippen LogP contribution in [0.1, 0.15) is 73.1 Å². The first kappa shape index (κ1) is 21.2. The Morgan fingerprint density at radius 3 is 2.07 bits per heavy atom. The quantitative estimate of drug-likeness (QED) is 0.361. The molecule has 0 heterocycles. The summed E-state index contributed by atoms with van der Waals surface area (Å²) in [5.41, 5.74) is 5.83. The van der Waals surface area contributed by atoms with E-state index in [4.69, 9.17) is 11.6 Å². The highest BCUT2D eigenvalue weighted by molar-refractivity contribution is 6.30. The Bertz CT molecular complexity index is 887. The van der Waals surface area contributed by atoms with E-state index in [9.17, 15) is 0 Å². The van der Waals surface area contributed by atoms with Crippen molar-refractivity contribution in [1.82, 2.24) is 0 Å². The van der Waals surface area contributed by atoms with E-state index in [1.165, 1.54) is 60.8 Å². The van der Waals surface area contributed by atoms with Crippen molar-refractivity contribution in [1.29, 1.82) is 0 Å². The second kappa shape index (κ2) is 10.3. The highest BCUT2D eigenvalue weighted by Gasteiger charge is 2.22. The highest BCUT2D eigenvalue weighted by atomic mass is 35.5. The van der Waals surface area contributed by atoms with Gasteiger partial charge in [-0.1, -0.05) is 85.3 Å². The Labute approximate surface area is 187 Å². The van der Waals surface area contributed by atoms with Gasteiger partial charge in [0.2, 0.25) is 0 Å². The number of benzene rings is 3. The van der Waals surface area contributed by atoms with E-state index in [0.29, 0.717) is 5.92 Å². The van der Waals surface area contributed by atoms with Crippen LogP contribution < -0.4 is 0 Å². The summed E-state index contributed by atoms with van der Waals surface area (Å²) in [6, 6.07) is 28.7. The lowest BCUT2D eigenvalue weighted by Gasteiger charge is -2.29. The molecule has 0 bridgehead atoms. The maximum Gasteiger partial charge on any atom is 0.0406 e. The molecule has 0 amide bonds. The van der Waals surface area contributed by atoms with Crippen LogP contribution in [0.2, 0.25) is 5.02 Å². The minimum Gasteiger partial charge on any atom is -0.0843 e. The van der Waals surface area contributed by atoms with Crippen molar-refractivity contribution in [3.8, 4) is 0 Å². The normalized spacial score (nSPS) is 20.1. The second-order valence-corrected chi connectivity index (χ2v) is 9.58. The molecule has 1 saturated carbocycles. The van der Waals surface area contributed by atoms with Gasteiger partial charge in [0.05, 0.1) is 0 Å². The SMILES string of the molecule is CC(Cc1ccc(CCC2CCC(c3ccc(Cl)cc3)CC2)cc1)c1ccccc1. The van der Waals surface area contributed by atoms with Crippen LogP contribution in [0.5, 0.6) is 0 Å². The molecular weight excluding hydrogens is 384 g/mol. The predicted molar refractivity (Wildman–Crippen MR) is 129 cm³/mol. The van der Waals surface area contributed by atoms with Crippen LogP contribution in [0.4, 0.5) is 0 Å². The van der Waals surface area contributed by atoms with Crippen LogP contribution in [0.15, 0.2) is 78.9 Å². The summed E-state index contributed by atoms with van der Waals surface area (Å²) in [6.45, 7) is 2.32. The molecule has 0 nitrogen and oxygen atoms in total. The maximum absolute atomic E-state index is 6.04. The molecule has 30 heavy (non-hydrogen) atoms. The van der Waals surface area contributed by atoms with Crippen molar-refractivity contribution in [2.24, 2.45) is 5.92 Å². The monoisotopic (exact) mass is 416 g/mol. The number of hydrogen-bond acceptors (Lipinski definition) is 0. The Morgan fingerprint density at radius 2 is 1.40 bits per heavy atom. The first-order chi connectivity index (χ1) is 14.7. The Morgan fingerprint density at radius 1 is 0.767 bits per heavy atom. The molecule has 4 rings (SSSR count). The van der Waals surface area contributed by atoms with Gasteiger partial charge in [0.25, 0.3) is 0 Å². The molecule has 0 radical (unpaired) electrons. The van der Waals surface area contributed by atoms with Gasteiger partial charge in [-0.3, -0.25) is 0 Å². The fourth-order valence-corrected chi connectivity index (χ4v) is 5.11. The van der Waals surface area contributed by atoms with Crippen LogP contribution in [-0.2, 0) is 12.8 Å². The maximum atomic E-state index is 6.04. The van der Waals surface area contributed by atoms with Gasteiger partial charge in [0.1, 0.15) is 0 Å². The lowest BCUT2D eigenvalue weighted by atomic mass is 9.77. The van der Waals surface area contributed by atoms with Crippen LogP contribution in [0, 0.1) is 5.92 Å². The molecule has 0 aromatic heterocycles. The molecule has 1 fully saturated rings. The van der Waals surface area contributed by atoms with E-state index >= 15 is 0 Å². The fourth-order valence-electron chi connectivity index (χ4n) is 4.99. The van der Waals surface area contributed by atoms with Gasteiger partial charge in [-0.05, 0) is 97.1 Å².